The molecule has 4 rings (SSSR count). The summed E-state index contributed by atoms with van der Waals surface area (Å²) >= 11 is 1.24. The third-order valence-electron chi connectivity index (χ3n) is 5.58. The van der Waals surface area contributed by atoms with Gasteiger partial charge < -0.3 is 24.8 Å². The maximum atomic E-state index is 13.9. The van der Waals surface area contributed by atoms with Crippen molar-refractivity contribution in [2.24, 2.45) is 7.05 Å². The molecular formula is C24H27FN6O3S. The lowest BCUT2D eigenvalue weighted by Crippen LogP contribution is -2.36. The number of amides is 2. The average molecular weight is 499 g/mol. The van der Waals surface area contributed by atoms with E-state index in [1.807, 2.05) is 24.3 Å². The second kappa shape index (κ2) is 11.3. The molecule has 0 unspecified atom stereocenters. The van der Waals surface area contributed by atoms with Crippen LogP contribution in [0.2, 0.25) is 0 Å². The molecule has 9 nitrogen and oxygen atoms in total. The maximum absolute atomic E-state index is 13.9. The van der Waals surface area contributed by atoms with Crippen LogP contribution in [0, 0.1) is 5.82 Å². The number of nitrogens with one attached hydrogen (secondary N) is 2. The van der Waals surface area contributed by atoms with Crippen LogP contribution in [0.25, 0.3) is 0 Å². The van der Waals surface area contributed by atoms with Gasteiger partial charge in [0.05, 0.1) is 30.6 Å². The summed E-state index contributed by atoms with van der Waals surface area (Å²) in [7, 11) is 1.76. The van der Waals surface area contributed by atoms with Gasteiger partial charge in [-0.25, -0.2) is 4.39 Å². The minimum absolute atomic E-state index is 0.0363. The first-order valence-electron chi connectivity index (χ1n) is 11.2. The van der Waals surface area contributed by atoms with Gasteiger partial charge >= 0.3 is 0 Å². The van der Waals surface area contributed by atoms with Gasteiger partial charge in [0, 0.05) is 31.5 Å². The molecule has 1 aliphatic heterocycles. The number of thioether (sulfide) groups is 1. The number of nitrogens with zero attached hydrogens (tertiary/aromatic N) is 4. The highest BCUT2D eigenvalue weighted by molar-refractivity contribution is 7.99. The van der Waals surface area contributed by atoms with Crippen molar-refractivity contribution >= 4 is 35.0 Å². The first-order valence-corrected chi connectivity index (χ1v) is 12.2. The molecule has 0 aliphatic carbocycles. The molecule has 3 aromatic rings. The van der Waals surface area contributed by atoms with Crippen molar-refractivity contribution in [1.29, 1.82) is 0 Å². The van der Waals surface area contributed by atoms with E-state index < -0.39 is 17.8 Å². The number of carbonyl (C=O) groups excluding carboxylic acids is 2. The number of ether oxygens (including phenoxy) is 1. The SMILES string of the molecule is C[C@H](NC(=O)c1ccccc1F)c1nnc(SCC(=O)Nc2ccc(N3CCOCC3)cc2)n1C. The zero-order valence-corrected chi connectivity index (χ0v) is 20.3. The molecule has 35 heavy (non-hydrogen) atoms. The molecule has 2 amide bonds. The maximum Gasteiger partial charge on any atom is 0.254 e. The molecule has 11 heteroatoms. The zero-order valence-electron chi connectivity index (χ0n) is 19.5. The van der Waals surface area contributed by atoms with Gasteiger partial charge in [-0.15, -0.1) is 10.2 Å². The molecule has 1 aliphatic rings. The van der Waals surface area contributed by atoms with Gasteiger partial charge in [0.1, 0.15) is 5.82 Å². The quantitative estimate of drug-likeness (QED) is 0.461. The molecule has 0 spiro atoms. The number of hydrogen-bond acceptors (Lipinski definition) is 7. The van der Waals surface area contributed by atoms with E-state index >= 15 is 0 Å². The van der Waals surface area contributed by atoms with Crippen molar-refractivity contribution in [3.05, 3.63) is 65.7 Å². The van der Waals surface area contributed by atoms with Gasteiger partial charge in [0.25, 0.3) is 5.91 Å². The first-order chi connectivity index (χ1) is 16.9. The van der Waals surface area contributed by atoms with Gasteiger partial charge in [-0.2, -0.15) is 0 Å². The Morgan fingerprint density at radius 1 is 1.11 bits per heavy atom. The predicted octanol–water partition coefficient (Wildman–Crippen LogP) is 3.01. The van der Waals surface area contributed by atoms with Crippen molar-refractivity contribution in [3.63, 3.8) is 0 Å². The summed E-state index contributed by atoms with van der Waals surface area (Å²) in [4.78, 5) is 27.1. The van der Waals surface area contributed by atoms with Crippen molar-refractivity contribution in [2.45, 2.75) is 18.1 Å². The minimum atomic E-state index is -0.590. The van der Waals surface area contributed by atoms with Crippen molar-refractivity contribution in [2.75, 3.05) is 42.3 Å². The van der Waals surface area contributed by atoms with Crippen molar-refractivity contribution in [1.82, 2.24) is 20.1 Å². The minimum Gasteiger partial charge on any atom is -0.378 e. The van der Waals surface area contributed by atoms with Crippen LogP contribution in [-0.4, -0.2) is 58.6 Å². The number of hydrogen-bond donors (Lipinski definition) is 2. The summed E-state index contributed by atoms with van der Waals surface area (Å²) in [5.74, 6) is -0.650. The predicted molar refractivity (Wildman–Crippen MR) is 132 cm³/mol. The zero-order chi connectivity index (χ0) is 24.8. The van der Waals surface area contributed by atoms with Gasteiger partial charge in [-0.1, -0.05) is 23.9 Å². The van der Waals surface area contributed by atoms with Gasteiger partial charge in [-0.3, -0.25) is 9.59 Å². The Morgan fingerprint density at radius 3 is 2.54 bits per heavy atom. The number of rotatable bonds is 8. The van der Waals surface area contributed by atoms with Gasteiger partial charge in [0.15, 0.2) is 11.0 Å². The summed E-state index contributed by atoms with van der Waals surface area (Å²) in [5, 5.41) is 14.4. The van der Waals surface area contributed by atoms with Crippen LogP contribution in [0.3, 0.4) is 0 Å². The van der Waals surface area contributed by atoms with E-state index in [9.17, 15) is 14.0 Å². The molecular weight excluding hydrogens is 471 g/mol. The molecule has 0 radical (unpaired) electrons. The second-order valence-corrected chi connectivity index (χ2v) is 9.00. The summed E-state index contributed by atoms with van der Waals surface area (Å²) in [5.41, 5.74) is 1.78. The van der Waals surface area contributed by atoms with Crippen LogP contribution in [0.5, 0.6) is 0 Å². The summed E-state index contributed by atoms with van der Waals surface area (Å²) < 4.78 is 21.0. The van der Waals surface area contributed by atoms with E-state index in [0.29, 0.717) is 11.0 Å². The number of halogens is 1. The molecule has 1 atom stereocenters. The number of carbonyl (C=O) groups is 2. The third kappa shape index (κ3) is 6.17. The van der Waals surface area contributed by atoms with Gasteiger partial charge in [0.2, 0.25) is 5.91 Å². The number of benzene rings is 2. The Kier molecular flexibility index (Phi) is 7.98. The third-order valence-corrected chi connectivity index (χ3v) is 6.60. The molecule has 2 aromatic carbocycles. The highest BCUT2D eigenvalue weighted by Crippen LogP contribution is 2.22. The van der Waals surface area contributed by atoms with Crippen LogP contribution in [-0.2, 0) is 16.6 Å². The number of anilines is 2. The molecule has 2 heterocycles. The summed E-state index contributed by atoms with van der Waals surface area (Å²) in [6.07, 6.45) is 0. The van der Waals surface area contributed by atoms with Crippen LogP contribution < -0.4 is 15.5 Å². The molecule has 0 saturated carbocycles. The fraction of sp³-hybridized carbons (Fsp3) is 0.333. The molecule has 1 saturated heterocycles. The Bertz CT molecular complexity index is 1180. The van der Waals surface area contributed by atoms with E-state index in [4.69, 9.17) is 4.74 Å². The fourth-order valence-electron chi connectivity index (χ4n) is 3.72. The largest absolute Gasteiger partial charge is 0.378 e. The highest BCUT2D eigenvalue weighted by Gasteiger charge is 2.20. The lowest BCUT2D eigenvalue weighted by molar-refractivity contribution is -0.113. The Balaban J connectivity index is 1.29. The van der Waals surface area contributed by atoms with Crippen molar-refractivity contribution < 1.29 is 18.7 Å². The normalized spacial score (nSPS) is 14.4. The monoisotopic (exact) mass is 498 g/mol. The Hall–Kier alpha value is -3.44. The topological polar surface area (TPSA) is 101 Å². The average Bonchev–Trinajstić information content (AvgIpc) is 3.24. The molecule has 1 fully saturated rings. The summed E-state index contributed by atoms with van der Waals surface area (Å²) in [6, 6.07) is 13.0. The summed E-state index contributed by atoms with van der Waals surface area (Å²) in [6.45, 7) is 4.89. The smallest absolute Gasteiger partial charge is 0.254 e. The lowest BCUT2D eigenvalue weighted by Gasteiger charge is -2.28. The van der Waals surface area contributed by atoms with Gasteiger partial charge in [-0.05, 0) is 43.3 Å². The van der Waals surface area contributed by atoms with E-state index in [-0.39, 0.29) is 17.2 Å². The Morgan fingerprint density at radius 2 is 1.83 bits per heavy atom. The standard InChI is InChI=1S/C24H27FN6O3S/c1-16(26-23(33)19-5-3-4-6-20(19)25)22-28-29-24(30(22)2)35-15-21(32)27-17-7-9-18(10-8-17)31-11-13-34-14-12-31/h3-10,16H,11-15H2,1-2H3,(H,26,33)(H,27,32)/t16-/m0/s1. The van der Waals surface area contributed by atoms with E-state index in [1.165, 1.54) is 30.0 Å². The number of morpholine rings is 1. The highest BCUT2D eigenvalue weighted by atomic mass is 32.2. The fourth-order valence-corrected chi connectivity index (χ4v) is 4.44. The second-order valence-electron chi connectivity index (χ2n) is 8.06. The van der Waals surface area contributed by atoms with Crippen LogP contribution in [0.1, 0.15) is 29.1 Å². The first kappa shape index (κ1) is 24.7. The van der Waals surface area contributed by atoms with E-state index in [0.717, 1.165) is 37.7 Å². The molecule has 0 bridgehead atoms. The number of aromatic nitrogens is 3. The van der Waals surface area contributed by atoms with E-state index in [1.54, 1.807) is 24.6 Å². The van der Waals surface area contributed by atoms with E-state index in [2.05, 4.69) is 25.7 Å². The van der Waals surface area contributed by atoms with Crippen molar-refractivity contribution in [3.8, 4) is 0 Å². The lowest BCUT2D eigenvalue weighted by atomic mass is 10.2. The molecule has 2 N–H and O–H groups in total. The Labute approximate surface area is 207 Å². The molecule has 184 valence electrons. The van der Waals surface area contributed by atoms with Crippen LogP contribution >= 0.6 is 11.8 Å². The van der Waals surface area contributed by atoms with Crippen LogP contribution in [0.4, 0.5) is 15.8 Å². The van der Waals surface area contributed by atoms with Crippen LogP contribution in [0.15, 0.2) is 53.7 Å². The molecule has 1 aromatic heterocycles.